The molecule has 0 fully saturated rings. The Labute approximate surface area is 158 Å². The van der Waals surface area contributed by atoms with Gasteiger partial charge in [0.15, 0.2) is 0 Å². The Morgan fingerprint density at radius 3 is 2.22 bits per heavy atom. The third kappa shape index (κ3) is 4.58. The fourth-order valence-corrected chi connectivity index (χ4v) is 2.60. The van der Waals surface area contributed by atoms with Crippen LogP contribution in [-0.2, 0) is 0 Å². The number of carbonyl (C=O) groups excluding carboxylic acids is 1. The second kappa shape index (κ2) is 8.27. The van der Waals surface area contributed by atoms with E-state index in [1.54, 1.807) is 56.7 Å². The van der Waals surface area contributed by atoms with E-state index >= 15 is 0 Å². The maximum atomic E-state index is 12.5. The summed E-state index contributed by atoms with van der Waals surface area (Å²) in [7, 11) is 3.12. The number of methoxy groups -OCH3 is 2. The maximum absolute atomic E-state index is 12.5. The van der Waals surface area contributed by atoms with E-state index in [1.807, 2.05) is 31.2 Å². The minimum Gasteiger partial charge on any atom is -0.497 e. The van der Waals surface area contributed by atoms with Gasteiger partial charge in [-0.15, -0.1) is 0 Å². The Morgan fingerprint density at radius 2 is 1.56 bits per heavy atom. The molecule has 0 radical (unpaired) electrons. The molecule has 27 heavy (non-hydrogen) atoms. The average molecular weight is 363 g/mol. The molecule has 0 saturated heterocycles. The van der Waals surface area contributed by atoms with E-state index in [0.717, 1.165) is 11.3 Å². The lowest BCUT2D eigenvalue weighted by Crippen LogP contribution is -2.12. The molecule has 138 valence electrons. The van der Waals surface area contributed by atoms with Crippen molar-refractivity contribution in [2.45, 2.75) is 6.92 Å². The number of nitrogens with one attached hydrogen (secondary N) is 1. The number of hydrogen-bond acceptors (Lipinski definition) is 4. The Kier molecular flexibility index (Phi) is 5.61. The number of aryl methyl sites for hydroxylation is 1. The number of benzene rings is 3. The van der Waals surface area contributed by atoms with Crippen molar-refractivity contribution >= 4 is 11.6 Å². The zero-order valence-electron chi connectivity index (χ0n) is 15.5. The Balaban J connectivity index is 1.72. The minimum absolute atomic E-state index is 0.247. The van der Waals surface area contributed by atoms with E-state index in [9.17, 15) is 4.79 Å². The summed E-state index contributed by atoms with van der Waals surface area (Å²) in [5, 5.41) is 2.84. The van der Waals surface area contributed by atoms with Crippen molar-refractivity contribution in [3.05, 3.63) is 77.9 Å². The van der Waals surface area contributed by atoms with Crippen molar-refractivity contribution < 1.29 is 19.0 Å². The molecular weight excluding hydrogens is 342 g/mol. The Bertz CT molecular complexity index is 935. The zero-order chi connectivity index (χ0) is 19.2. The molecule has 0 bridgehead atoms. The number of rotatable bonds is 6. The summed E-state index contributed by atoms with van der Waals surface area (Å²) in [6.07, 6.45) is 0. The van der Waals surface area contributed by atoms with Gasteiger partial charge < -0.3 is 19.5 Å². The van der Waals surface area contributed by atoms with Gasteiger partial charge in [-0.05, 0) is 61.0 Å². The highest BCUT2D eigenvalue weighted by Crippen LogP contribution is 2.29. The van der Waals surface area contributed by atoms with Gasteiger partial charge in [-0.1, -0.05) is 12.1 Å². The van der Waals surface area contributed by atoms with E-state index < -0.39 is 0 Å². The Hall–Kier alpha value is -3.47. The van der Waals surface area contributed by atoms with Gasteiger partial charge in [0.2, 0.25) is 0 Å². The molecule has 1 amide bonds. The standard InChI is InChI=1S/C22H21NO4/c1-15-5-4-6-19(13-15)27-17-9-7-16(8-10-17)22(24)23-20-14-18(25-2)11-12-21(20)26-3/h4-14H,1-3H3,(H,23,24). The van der Waals surface area contributed by atoms with Gasteiger partial charge in [0.1, 0.15) is 23.0 Å². The SMILES string of the molecule is COc1ccc(OC)c(NC(=O)c2ccc(Oc3cccc(C)c3)cc2)c1. The minimum atomic E-state index is -0.247. The van der Waals surface area contributed by atoms with Gasteiger partial charge in [0.25, 0.3) is 5.91 Å². The molecule has 0 saturated carbocycles. The molecule has 0 atom stereocenters. The van der Waals surface area contributed by atoms with Gasteiger partial charge in [0.05, 0.1) is 19.9 Å². The van der Waals surface area contributed by atoms with Gasteiger partial charge in [-0.2, -0.15) is 0 Å². The molecule has 3 rings (SSSR count). The molecule has 5 heteroatoms. The lowest BCUT2D eigenvalue weighted by Gasteiger charge is -2.12. The molecule has 0 aromatic heterocycles. The maximum Gasteiger partial charge on any atom is 0.255 e. The normalized spacial score (nSPS) is 10.2. The molecule has 1 N–H and O–H groups in total. The molecule has 3 aromatic rings. The summed E-state index contributed by atoms with van der Waals surface area (Å²) < 4.78 is 16.3. The summed E-state index contributed by atoms with van der Waals surface area (Å²) in [4.78, 5) is 12.5. The first kappa shape index (κ1) is 18.3. The van der Waals surface area contributed by atoms with E-state index in [-0.39, 0.29) is 5.91 Å². The van der Waals surface area contributed by atoms with Crippen molar-refractivity contribution in [1.82, 2.24) is 0 Å². The zero-order valence-corrected chi connectivity index (χ0v) is 15.5. The molecule has 0 unspecified atom stereocenters. The van der Waals surface area contributed by atoms with Crippen molar-refractivity contribution in [1.29, 1.82) is 0 Å². The molecule has 0 aliphatic heterocycles. The first-order valence-electron chi connectivity index (χ1n) is 8.47. The number of carbonyl (C=O) groups is 1. The molecule has 5 nitrogen and oxygen atoms in total. The van der Waals surface area contributed by atoms with E-state index in [0.29, 0.717) is 28.5 Å². The van der Waals surface area contributed by atoms with Crippen LogP contribution in [0, 0.1) is 6.92 Å². The molecule has 0 heterocycles. The number of ether oxygens (including phenoxy) is 3. The summed E-state index contributed by atoms with van der Waals surface area (Å²) in [5.41, 5.74) is 2.18. The third-order valence-electron chi connectivity index (χ3n) is 4.00. The predicted molar refractivity (Wildman–Crippen MR) is 105 cm³/mol. The first-order chi connectivity index (χ1) is 13.1. The van der Waals surface area contributed by atoms with E-state index in [2.05, 4.69) is 5.32 Å². The monoisotopic (exact) mass is 363 g/mol. The van der Waals surface area contributed by atoms with Gasteiger partial charge in [0, 0.05) is 11.6 Å². The van der Waals surface area contributed by atoms with Gasteiger partial charge in [-0.25, -0.2) is 0 Å². The van der Waals surface area contributed by atoms with Crippen LogP contribution in [-0.4, -0.2) is 20.1 Å². The highest BCUT2D eigenvalue weighted by atomic mass is 16.5. The van der Waals surface area contributed by atoms with E-state index in [4.69, 9.17) is 14.2 Å². The first-order valence-corrected chi connectivity index (χ1v) is 8.47. The average Bonchev–Trinajstić information content (AvgIpc) is 2.68. The molecule has 3 aromatic carbocycles. The van der Waals surface area contributed by atoms with Crippen LogP contribution in [0.4, 0.5) is 5.69 Å². The summed E-state index contributed by atoms with van der Waals surface area (Å²) in [6, 6.07) is 20.0. The van der Waals surface area contributed by atoms with Crippen LogP contribution < -0.4 is 19.5 Å². The summed E-state index contributed by atoms with van der Waals surface area (Å²) >= 11 is 0. The second-order valence-electron chi connectivity index (χ2n) is 5.96. The predicted octanol–water partition coefficient (Wildman–Crippen LogP) is 5.06. The fraction of sp³-hybridized carbons (Fsp3) is 0.136. The lowest BCUT2D eigenvalue weighted by molar-refractivity contribution is 0.102. The molecule has 0 spiro atoms. The van der Waals surface area contributed by atoms with Crippen LogP contribution in [0.15, 0.2) is 66.7 Å². The van der Waals surface area contributed by atoms with Gasteiger partial charge in [-0.3, -0.25) is 4.79 Å². The highest BCUT2D eigenvalue weighted by molar-refractivity contribution is 6.05. The summed E-state index contributed by atoms with van der Waals surface area (Å²) in [6.45, 7) is 2.01. The van der Waals surface area contributed by atoms with Crippen LogP contribution in [0.3, 0.4) is 0 Å². The van der Waals surface area contributed by atoms with Crippen LogP contribution in [0.1, 0.15) is 15.9 Å². The smallest absolute Gasteiger partial charge is 0.255 e. The van der Waals surface area contributed by atoms with E-state index in [1.165, 1.54) is 0 Å². The summed E-state index contributed by atoms with van der Waals surface area (Å²) in [5.74, 6) is 2.37. The van der Waals surface area contributed by atoms with Crippen molar-refractivity contribution in [3.63, 3.8) is 0 Å². The van der Waals surface area contributed by atoms with Crippen LogP contribution in [0.2, 0.25) is 0 Å². The second-order valence-corrected chi connectivity index (χ2v) is 5.96. The lowest BCUT2D eigenvalue weighted by atomic mass is 10.2. The van der Waals surface area contributed by atoms with Crippen molar-refractivity contribution in [3.8, 4) is 23.0 Å². The number of anilines is 1. The Morgan fingerprint density at radius 1 is 0.815 bits per heavy atom. The topological polar surface area (TPSA) is 56.8 Å². The van der Waals surface area contributed by atoms with Gasteiger partial charge >= 0.3 is 0 Å². The van der Waals surface area contributed by atoms with Crippen LogP contribution in [0.25, 0.3) is 0 Å². The molecule has 0 aliphatic carbocycles. The van der Waals surface area contributed by atoms with Crippen LogP contribution >= 0.6 is 0 Å². The molecular formula is C22H21NO4. The largest absolute Gasteiger partial charge is 0.497 e. The third-order valence-corrected chi connectivity index (χ3v) is 4.00. The molecule has 0 aliphatic rings. The van der Waals surface area contributed by atoms with Crippen molar-refractivity contribution in [2.24, 2.45) is 0 Å². The highest BCUT2D eigenvalue weighted by Gasteiger charge is 2.11. The number of amides is 1. The van der Waals surface area contributed by atoms with Crippen LogP contribution in [0.5, 0.6) is 23.0 Å². The van der Waals surface area contributed by atoms with Crippen molar-refractivity contribution in [2.75, 3.05) is 19.5 Å². The fourth-order valence-electron chi connectivity index (χ4n) is 2.60. The quantitative estimate of drug-likeness (QED) is 0.665. The number of hydrogen-bond donors (Lipinski definition) is 1.